The number of anilines is 1. The minimum absolute atomic E-state index is 0.457. The largest absolute Gasteiger partial charge is 0.379 e. The Balaban J connectivity index is 2.26. The topological polar surface area (TPSA) is 47.0 Å². The highest BCUT2D eigenvalue weighted by Gasteiger charge is 1.99. The highest BCUT2D eigenvalue weighted by molar-refractivity contribution is 6.29. The molecule has 5 heteroatoms. The summed E-state index contributed by atoms with van der Waals surface area (Å²) in [6, 6.07) is 1.71. The molecule has 1 heterocycles. The SMILES string of the molecule is Cc1nc(Cl)cc(NCCOCC(C)C)n1. The molecule has 0 atom stereocenters. The fourth-order valence-electron chi connectivity index (χ4n) is 1.19. The lowest BCUT2D eigenvalue weighted by Gasteiger charge is -2.08. The zero-order valence-corrected chi connectivity index (χ0v) is 10.7. The molecule has 0 radical (unpaired) electrons. The van der Waals surface area contributed by atoms with E-state index in [1.165, 1.54) is 0 Å². The van der Waals surface area contributed by atoms with Crippen LogP contribution in [0.25, 0.3) is 0 Å². The van der Waals surface area contributed by atoms with Gasteiger partial charge in [-0.05, 0) is 12.8 Å². The second-order valence-corrected chi connectivity index (χ2v) is 4.41. The van der Waals surface area contributed by atoms with Gasteiger partial charge in [-0.25, -0.2) is 9.97 Å². The van der Waals surface area contributed by atoms with E-state index < -0.39 is 0 Å². The maximum atomic E-state index is 5.81. The third-order valence-electron chi connectivity index (χ3n) is 1.81. The summed E-state index contributed by atoms with van der Waals surface area (Å²) in [5, 5.41) is 3.60. The van der Waals surface area contributed by atoms with Gasteiger partial charge in [-0.15, -0.1) is 0 Å². The van der Waals surface area contributed by atoms with Gasteiger partial charge in [0.05, 0.1) is 6.61 Å². The van der Waals surface area contributed by atoms with Crippen LogP contribution >= 0.6 is 11.6 Å². The number of nitrogens with one attached hydrogen (secondary N) is 1. The molecule has 1 aromatic heterocycles. The Morgan fingerprint density at radius 3 is 2.81 bits per heavy atom. The Morgan fingerprint density at radius 1 is 1.44 bits per heavy atom. The predicted molar refractivity (Wildman–Crippen MR) is 65.9 cm³/mol. The van der Waals surface area contributed by atoms with Crippen molar-refractivity contribution >= 4 is 17.4 Å². The fourth-order valence-corrected chi connectivity index (χ4v) is 1.42. The molecule has 0 aliphatic rings. The standard InChI is InChI=1S/C11H18ClN3O/c1-8(2)7-16-5-4-13-11-6-10(12)14-9(3)15-11/h6,8H,4-5,7H2,1-3H3,(H,13,14,15). The number of aryl methyl sites for hydroxylation is 1. The van der Waals surface area contributed by atoms with E-state index in [4.69, 9.17) is 16.3 Å². The lowest BCUT2D eigenvalue weighted by atomic mass is 10.2. The van der Waals surface area contributed by atoms with Gasteiger partial charge in [0.15, 0.2) is 0 Å². The van der Waals surface area contributed by atoms with E-state index in [1.807, 2.05) is 6.92 Å². The van der Waals surface area contributed by atoms with Crippen LogP contribution in [0.5, 0.6) is 0 Å². The Kier molecular flexibility index (Phi) is 5.49. The minimum atomic E-state index is 0.457. The molecule has 0 saturated carbocycles. The summed E-state index contributed by atoms with van der Waals surface area (Å²) in [5.74, 6) is 1.97. The summed E-state index contributed by atoms with van der Waals surface area (Å²) in [4.78, 5) is 8.19. The molecule has 90 valence electrons. The van der Waals surface area contributed by atoms with Crippen molar-refractivity contribution in [1.29, 1.82) is 0 Å². The van der Waals surface area contributed by atoms with Crippen LogP contribution in [-0.2, 0) is 4.74 Å². The zero-order chi connectivity index (χ0) is 12.0. The summed E-state index contributed by atoms with van der Waals surface area (Å²) < 4.78 is 5.44. The summed E-state index contributed by atoms with van der Waals surface area (Å²) in [6.07, 6.45) is 0. The van der Waals surface area contributed by atoms with E-state index >= 15 is 0 Å². The Labute approximate surface area is 101 Å². The lowest BCUT2D eigenvalue weighted by molar-refractivity contribution is 0.118. The van der Waals surface area contributed by atoms with Gasteiger partial charge < -0.3 is 10.1 Å². The Hall–Kier alpha value is -0.870. The second kappa shape index (κ2) is 6.66. The number of rotatable bonds is 6. The monoisotopic (exact) mass is 243 g/mol. The van der Waals surface area contributed by atoms with Crippen LogP contribution < -0.4 is 5.32 Å². The maximum Gasteiger partial charge on any atom is 0.134 e. The molecular weight excluding hydrogens is 226 g/mol. The van der Waals surface area contributed by atoms with Crippen molar-refractivity contribution in [2.75, 3.05) is 25.1 Å². The summed E-state index contributed by atoms with van der Waals surface area (Å²) in [6.45, 7) is 8.23. The maximum absolute atomic E-state index is 5.81. The van der Waals surface area contributed by atoms with Gasteiger partial charge >= 0.3 is 0 Å². The van der Waals surface area contributed by atoms with Crippen LogP contribution in [0.2, 0.25) is 5.15 Å². The highest BCUT2D eigenvalue weighted by atomic mass is 35.5. The van der Waals surface area contributed by atoms with Crippen molar-refractivity contribution in [3.8, 4) is 0 Å². The van der Waals surface area contributed by atoms with Crippen molar-refractivity contribution in [1.82, 2.24) is 9.97 Å². The van der Waals surface area contributed by atoms with E-state index in [0.29, 0.717) is 23.5 Å². The minimum Gasteiger partial charge on any atom is -0.379 e. The van der Waals surface area contributed by atoms with Gasteiger partial charge in [-0.3, -0.25) is 0 Å². The number of halogens is 1. The summed E-state index contributed by atoms with van der Waals surface area (Å²) in [5.41, 5.74) is 0. The molecule has 0 aliphatic heterocycles. The first kappa shape index (κ1) is 13.2. The van der Waals surface area contributed by atoms with E-state index in [-0.39, 0.29) is 0 Å². The van der Waals surface area contributed by atoms with Crippen molar-refractivity contribution in [2.45, 2.75) is 20.8 Å². The smallest absolute Gasteiger partial charge is 0.134 e. The van der Waals surface area contributed by atoms with Gasteiger partial charge in [0, 0.05) is 19.2 Å². The molecule has 0 aromatic carbocycles. The van der Waals surface area contributed by atoms with E-state index in [2.05, 4.69) is 29.1 Å². The van der Waals surface area contributed by atoms with Crippen LogP contribution in [-0.4, -0.2) is 29.7 Å². The van der Waals surface area contributed by atoms with Gasteiger partial charge in [0.2, 0.25) is 0 Å². The number of aromatic nitrogens is 2. The summed E-state index contributed by atoms with van der Waals surface area (Å²) in [7, 11) is 0. The van der Waals surface area contributed by atoms with Crippen LogP contribution in [0.15, 0.2) is 6.07 Å². The molecule has 0 saturated heterocycles. The fraction of sp³-hybridized carbons (Fsp3) is 0.636. The van der Waals surface area contributed by atoms with Crippen LogP contribution in [0.4, 0.5) is 5.82 Å². The number of nitrogens with zero attached hydrogens (tertiary/aromatic N) is 2. The second-order valence-electron chi connectivity index (χ2n) is 4.02. The van der Waals surface area contributed by atoms with Crippen molar-refractivity contribution in [3.63, 3.8) is 0 Å². The quantitative estimate of drug-likeness (QED) is 0.616. The zero-order valence-electron chi connectivity index (χ0n) is 9.96. The average molecular weight is 244 g/mol. The molecular formula is C11H18ClN3O. The Bertz CT molecular complexity index is 311. The third kappa shape index (κ3) is 5.28. The molecule has 0 unspecified atom stereocenters. The van der Waals surface area contributed by atoms with E-state index in [1.54, 1.807) is 6.07 Å². The molecule has 4 nitrogen and oxygen atoms in total. The molecule has 0 spiro atoms. The van der Waals surface area contributed by atoms with Crippen molar-refractivity contribution in [3.05, 3.63) is 17.0 Å². The predicted octanol–water partition coefficient (Wildman–Crippen LogP) is 2.52. The third-order valence-corrected chi connectivity index (χ3v) is 2.00. The molecule has 0 amide bonds. The van der Waals surface area contributed by atoms with Crippen molar-refractivity contribution < 1.29 is 4.74 Å². The highest BCUT2D eigenvalue weighted by Crippen LogP contribution is 2.10. The molecule has 1 N–H and O–H groups in total. The van der Waals surface area contributed by atoms with Crippen LogP contribution in [0.1, 0.15) is 19.7 Å². The van der Waals surface area contributed by atoms with Crippen molar-refractivity contribution in [2.24, 2.45) is 5.92 Å². The first-order chi connectivity index (χ1) is 7.58. The van der Waals surface area contributed by atoms with Gasteiger partial charge in [0.1, 0.15) is 16.8 Å². The molecule has 0 bridgehead atoms. The lowest BCUT2D eigenvalue weighted by Crippen LogP contribution is -2.13. The Morgan fingerprint density at radius 2 is 2.19 bits per heavy atom. The molecule has 1 rings (SSSR count). The van der Waals surface area contributed by atoms with Gasteiger partial charge in [-0.2, -0.15) is 0 Å². The summed E-state index contributed by atoms with van der Waals surface area (Å²) >= 11 is 5.81. The molecule has 0 aliphatic carbocycles. The normalized spacial score (nSPS) is 10.8. The van der Waals surface area contributed by atoms with E-state index in [0.717, 1.165) is 19.0 Å². The van der Waals surface area contributed by atoms with Gasteiger partial charge in [0.25, 0.3) is 0 Å². The van der Waals surface area contributed by atoms with Crippen LogP contribution in [0.3, 0.4) is 0 Å². The molecule has 0 fully saturated rings. The number of hydrogen-bond donors (Lipinski definition) is 1. The number of ether oxygens (including phenoxy) is 1. The first-order valence-electron chi connectivity index (χ1n) is 5.40. The first-order valence-corrected chi connectivity index (χ1v) is 5.78. The van der Waals surface area contributed by atoms with Gasteiger partial charge in [-0.1, -0.05) is 25.4 Å². The van der Waals surface area contributed by atoms with E-state index in [9.17, 15) is 0 Å². The van der Waals surface area contributed by atoms with Crippen LogP contribution in [0, 0.1) is 12.8 Å². The molecule has 16 heavy (non-hydrogen) atoms. The number of hydrogen-bond acceptors (Lipinski definition) is 4. The molecule has 1 aromatic rings. The average Bonchev–Trinajstić information content (AvgIpc) is 2.15.